The highest BCUT2D eigenvalue weighted by molar-refractivity contribution is 7.21. The standard InChI is InChI=1S/C20H19N5O2S.2ClH/c1-24-10-9-22-18(24)14-12-21-8-11-25(14)20(26)16-7-6-15(27-16)19-23-13-4-2-3-5-17(13)28-19;;/h2-7,9-10,14,21H,8,11-12H2,1H3;2*1H. The second-order valence-electron chi connectivity index (χ2n) is 6.77. The fourth-order valence-corrected chi connectivity index (χ4v) is 4.49. The lowest BCUT2D eigenvalue weighted by molar-refractivity contribution is 0.0589. The van der Waals surface area contributed by atoms with Crippen LogP contribution in [0.4, 0.5) is 0 Å². The zero-order valence-corrected chi connectivity index (χ0v) is 18.6. The molecular formula is C20H21Cl2N5O2S. The second-order valence-corrected chi connectivity index (χ2v) is 7.80. The summed E-state index contributed by atoms with van der Waals surface area (Å²) in [5, 5.41) is 4.13. The van der Waals surface area contributed by atoms with E-state index in [0.29, 0.717) is 24.6 Å². The minimum atomic E-state index is -0.128. The number of hydrogen-bond donors (Lipinski definition) is 1. The number of furan rings is 1. The summed E-state index contributed by atoms with van der Waals surface area (Å²) in [7, 11) is 1.94. The number of fused-ring (bicyclic) bond motifs is 1. The van der Waals surface area contributed by atoms with E-state index in [0.717, 1.165) is 27.6 Å². The van der Waals surface area contributed by atoms with Crippen molar-refractivity contribution in [3.05, 3.63) is 60.4 Å². The number of aryl methyl sites for hydroxylation is 1. The van der Waals surface area contributed by atoms with Gasteiger partial charge in [-0.05, 0) is 24.3 Å². The molecule has 3 aromatic heterocycles. The molecule has 1 N–H and O–H groups in total. The smallest absolute Gasteiger partial charge is 0.290 e. The summed E-state index contributed by atoms with van der Waals surface area (Å²) in [6.45, 7) is 2.02. The van der Waals surface area contributed by atoms with Gasteiger partial charge in [0.15, 0.2) is 16.5 Å². The van der Waals surface area contributed by atoms with Gasteiger partial charge in [-0.2, -0.15) is 0 Å². The molecule has 1 saturated heterocycles. The summed E-state index contributed by atoms with van der Waals surface area (Å²) in [5.74, 6) is 1.68. The largest absolute Gasteiger partial charge is 0.448 e. The molecule has 4 aromatic rings. The summed E-state index contributed by atoms with van der Waals surface area (Å²) >= 11 is 1.56. The van der Waals surface area contributed by atoms with Gasteiger partial charge >= 0.3 is 0 Å². The average Bonchev–Trinajstić information content (AvgIpc) is 3.46. The van der Waals surface area contributed by atoms with Gasteiger partial charge in [-0.1, -0.05) is 12.1 Å². The molecule has 0 spiro atoms. The highest BCUT2D eigenvalue weighted by atomic mass is 35.5. The maximum Gasteiger partial charge on any atom is 0.290 e. The van der Waals surface area contributed by atoms with Gasteiger partial charge in [0, 0.05) is 39.1 Å². The number of amides is 1. The maximum absolute atomic E-state index is 13.2. The first-order valence-corrected chi connectivity index (χ1v) is 9.97. The molecule has 1 atom stereocenters. The predicted molar refractivity (Wildman–Crippen MR) is 122 cm³/mol. The number of hydrogen-bond acceptors (Lipinski definition) is 6. The predicted octanol–water partition coefficient (Wildman–Crippen LogP) is 3.92. The van der Waals surface area contributed by atoms with Crippen LogP contribution >= 0.6 is 36.2 Å². The minimum Gasteiger partial charge on any atom is -0.448 e. The number of thiazole rings is 1. The van der Waals surface area contributed by atoms with Gasteiger partial charge in [0.2, 0.25) is 0 Å². The molecule has 0 bridgehead atoms. The Morgan fingerprint density at radius 2 is 2.07 bits per heavy atom. The Morgan fingerprint density at radius 3 is 2.83 bits per heavy atom. The fourth-order valence-electron chi connectivity index (χ4n) is 3.56. The van der Waals surface area contributed by atoms with Crippen LogP contribution in [0.3, 0.4) is 0 Å². The molecule has 10 heteroatoms. The van der Waals surface area contributed by atoms with E-state index in [1.165, 1.54) is 0 Å². The first-order valence-electron chi connectivity index (χ1n) is 9.15. The van der Waals surface area contributed by atoms with E-state index >= 15 is 0 Å². The molecule has 5 rings (SSSR count). The summed E-state index contributed by atoms with van der Waals surface area (Å²) < 4.78 is 8.97. The fraction of sp³-hybridized carbons (Fsp3) is 0.250. The summed E-state index contributed by atoms with van der Waals surface area (Å²) in [5.41, 5.74) is 0.934. The van der Waals surface area contributed by atoms with Crippen molar-refractivity contribution in [1.29, 1.82) is 0 Å². The first kappa shape index (κ1) is 22.3. The van der Waals surface area contributed by atoms with Gasteiger partial charge in [0.1, 0.15) is 11.9 Å². The van der Waals surface area contributed by atoms with E-state index in [-0.39, 0.29) is 36.8 Å². The van der Waals surface area contributed by atoms with E-state index in [2.05, 4.69) is 15.3 Å². The Labute approximate surface area is 189 Å². The molecule has 0 aliphatic carbocycles. The lowest BCUT2D eigenvalue weighted by Crippen LogP contribution is -2.49. The van der Waals surface area contributed by atoms with Crippen molar-refractivity contribution in [3.63, 3.8) is 0 Å². The molecular weight excluding hydrogens is 445 g/mol. The number of aromatic nitrogens is 3. The minimum absolute atomic E-state index is 0. The Balaban J connectivity index is 0.00000128. The monoisotopic (exact) mass is 465 g/mol. The topological polar surface area (TPSA) is 76.2 Å². The molecule has 30 heavy (non-hydrogen) atoms. The van der Waals surface area contributed by atoms with Gasteiger partial charge < -0.3 is 19.2 Å². The quantitative estimate of drug-likeness (QED) is 0.496. The summed E-state index contributed by atoms with van der Waals surface area (Å²) in [6.07, 6.45) is 3.65. The number of piperazine rings is 1. The average molecular weight is 466 g/mol. The van der Waals surface area contributed by atoms with Gasteiger partial charge in [-0.15, -0.1) is 36.2 Å². The number of para-hydroxylation sites is 1. The second kappa shape index (κ2) is 9.18. The molecule has 1 amide bonds. The zero-order valence-electron chi connectivity index (χ0n) is 16.1. The van der Waals surface area contributed by atoms with Crippen LogP contribution in [0.1, 0.15) is 22.4 Å². The molecule has 1 aromatic carbocycles. The Morgan fingerprint density at radius 1 is 1.23 bits per heavy atom. The third kappa shape index (κ3) is 3.96. The lowest BCUT2D eigenvalue weighted by Gasteiger charge is -2.35. The van der Waals surface area contributed by atoms with Crippen LogP contribution in [0.25, 0.3) is 21.0 Å². The first-order chi connectivity index (χ1) is 13.7. The van der Waals surface area contributed by atoms with Crippen molar-refractivity contribution >= 4 is 52.3 Å². The zero-order chi connectivity index (χ0) is 19.1. The van der Waals surface area contributed by atoms with Gasteiger partial charge in [-0.3, -0.25) is 4.79 Å². The molecule has 0 saturated carbocycles. The third-order valence-corrected chi connectivity index (χ3v) is 6.03. The van der Waals surface area contributed by atoms with Crippen LogP contribution in [0.2, 0.25) is 0 Å². The van der Waals surface area contributed by atoms with Crippen LogP contribution in [0.15, 0.2) is 53.2 Å². The van der Waals surface area contributed by atoms with Crippen LogP contribution in [-0.2, 0) is 7.05 Å². The molecule has 1 aliphatic rings. The van der Waals surface area contributed by atoms with Crippen LogP contribution in [0.5, 0.6) is 0 Å². The van der Waals surface area contributed by atoms with E-state index in [1.807, 2.05) is 53.0 Å². The van der Waals surface area contributed by atoms with Crippen LogP contribution in [0, 0.1) is 0 Å². The number of halogens is 2. The Kier molecular flexibility index (Phi) is 6.82. The maximum atomic E-state index is 13.2. The number of benzene rings is 1. The van der Waals surface area contributed by atoms with Gasteiger partial charge in [0.25, 0.3) is 5.91 Å². The highest BCUT2D eigenvalue weighted by Gasteiger charge is 2.32. The number of imidazole rings is 1. The number of nitrogens with zero attached hydrogens (tertiary/aromatic N) is 4. The number of carbonyl (C=O) groups is 1. The molecule has 7 nitrogen and oxygen atoms in total. The lowest BCUT2D eigenvalue weighted by atomic mass is 10.1. The van der Waals surface area contributed by atoms with Crippen molar-refractivity contribution < 1.29 is 9.21 Å². The number of rotatable bonds is 3. The van der Waals surface area contributed by atoms with E-state index < -0.39 is 0 Å². The van der Waals surface area contributed by atoms with E-state index in [1.54, 1.807) is 23.6 Å². The van der Waals surface area contributed by atoms with Crippen LogP contribution in [-0.4, -0.2) is 45.0 Å². The van der Waals surface area contributed by atoms with E-state index in [9.17, 15) is 4.79 Å². The number of nitrogens with one attached hydrogen (secondary N) is 1. The molecule has 1 unspecified atom stereocenters. The SMILES string of the molecule is Cl.Cl.Cn1ccnc1C1CNCCN1C(=O)c1ccc(-c2nc3ccccc3s2)o1. The molecule has 1 fully saturated rings. The summed E-state index contributed by atoms with van der Waals surface area (Å²) in [4.78, 5) is 24.1. The van der Waals surface area contributed by atoms with Crippen molar-refractivity contribution in [2.24, 2.45) is 7.05 Å². The highest BCUT2D eigenvalue weighted by Crippen LogP contribution is 2.32. The van der Waals surface area contributed by atoms with Crippen molar-refractivity contribution in [3.8, 4) is 10.8 Å². The van der Waals surface area contributed by atoms with Crippen molar-refractivity contribution in [2.45, 2.75) is 6.04 Å². The molecule has 0 radical (unpaired) electrons. The molecule has 158 valence electrons. The van der Waals surface area contributed by atoms with Gasteiger partial charge in [0.05, 0.1) is 10.2 Å². The Bertz CT molecular complexity index is 1120. The van der Waals surface area contributed by atoms with E-state index in [4.69, 9.17) is 4.42 Å². The van der Waals surface area contributed by atoms with Crippen molar-refractivity contribution in [2.75, 3.05) is 19.6 Å². The normalized spacial score (nSPS) is 16.2. The summed E-state index contributed by atoms with van der Waals surface area (Å²) in [6, 6.07) is 11.4. The number of carbonyl (C=O) groups excluding carboxylic acids is 1. The van der Waals surface area contributed by atoms with Crippen molar-refractivity contribution in [1.82, 2.24) is 24.8 Å². The Hall–Kier alpha value is -2.39. The third-order valence-electron chi connectivity index (χ3n) is 4.98. The molecule has 4 heterocycles. The van der Waals surface area contributed by atoms with Gasteiger partial charge in [-0.25, -0.2) is 9.97 Å². The molecule has 1 aliphatic heterocycles. The van der Waals surface area contributed by atoms with Crippen LogP contribution < -0.4 is 5.32 Å².